The third kappa shape index (κ3) is 5.67. The standard InChI is InChI=1S/C15H31N3O2/c1-13(12-19)18(3)15(20)16-10-7-11-17(2)14-8-5-4-6-9-14/h13-14,19H,4-12H2,1-3H3,(H,16,20). The van der Waals surface area contributed by atoms with Crippen LogP contribution in [0.3, 0.4) is 0 Å². The summed E-state index contributed by atoms with van der Waals surface area (Å²) in [6.07, 6.45) is 7.71. The average Bonchev–Trinajstić information content (AvgIpc) is 2.50. The zero-order valence-corrected chi connectivity index (χ0v) is 13.3. The number of nitrogens with zero attached hydrogens (tertiary/aromatic N) is 2. The molecule has 1 unspecified atom stereocenters. The molecule has 1 fully saturated rings. The van der Waals surface area contributed by atoms with Crippen molar-refractivity contribution in [1.29, 1.82) is 0 Å². The van der Waals surface area contributed by atoms with Crippen LogP contribution in [0.25, 0.3) is 0 Å². The van der Waals surface area contributed by atoms with Gasteiger partial charge in [-0.1, -0.05) is 19.3 Å². The predicted octanol–water partition coefficient (Wildman–Crippen LogP) is 1.66. The highest BCUT2D eigenvalue weighted by Gasteiger charge is 2.18. The molecule has 0 saturated heterocycles. The molecule has 5 heteroatoms. The molecule has 5 nitrogen and oxygen atoms in total. The zero-order valence-electron chi connectivity index (χ0n) is 13.3. The van der Waals surface area contributed by atoms with Gasteiger partial charge in [0.15, 0.2) is 0 Å². The van der Waals surface area contributed by atoms with E-state index in [1.807, 2.05) is 6.92 Å². The Kier molecular flexibility index (Phi) is 7.92. The van der Waals surface area contributed by atoms with E-state index in [4.69, 9.17) is 5.11 Å². The van der Waals surface area contributed by atoms with Crippen LogP contribution in [0, 0.1) is 0 Å². The van der Waals surface area contributed by atoms with Crippen LogP contribution in [0.2, 0.25) is 0 Å². The van der Waals surface area contributed by atoms with Gasteiger partial charge in [0.05, 0.1) is 12.6 Å². The normalized spacial score (nSPS) is 18.1. The molecule has 0 heterocycles. The minimum absolute atomic E-state index is 0.00562. The molecule has 0 aromatic carbocycles. The van der Waals surface area contributed by atoms with E-state index in [1.165, 1.54) is 32.1 Å². The molecule has 1 aliphatic carbocycles. The van der Waals surface area contributed by atoms with E-state index >= 15 is 0 Å². The van der Waals surface area contributed by atoms with Gasteiger partial charge in [-0.2, -0.15) is 0 Å². The Bertz CT molecular complexity index is 280. The minimum atomic E-state index is -0.139. The smallest absolute Gasteiger partial charge is 0.317 e. The summed E-state index contributed by atoms with van der Waals surface area (Å²) in [4.78, 5) is 15.8. The SMILES string of the molecule is CC(CO)N(C)C(=O)NCCCN(C)C1CCCCC1. The highest BCUT2D eigenvalue weighted by atomic mass is 16.3. The summed E-state index contributed by atoms with van der Waals surface area (Å²) in [5, 5.41) is 11.9. The van der Waals surface area contributed by atoms with Gasteiger partial charge >= 0.3 is 6.03 Å². The molecular formula is C15H31N3O2. The number of rotatable bonds is 7. The molecule has 118 valence electrons. The van der Waals surface area contributed by atoms with E-state index in [0.29, 0.717) is 6.54 Å². The number of hydrogen-bond acceptors (Lipinski definition) is 3. The number of carbonyl (C=O) groups is 1. The van der Waals surface area contributed by atoms with Crippen molar-refractivity contribution in [2.45, 2.75) is 57.5 Å². The Labute approximate surface area is 123 Å². The Morgan fingerprint density at radius 3 is 2.55 bits per heavy atom. The van der Waals surface area contributed by atoms with Gasteiger partial charge < -0.3 is 20.2 Å². The minimum Gasteiger partial charge on any atom is -0.394 e. The summed E-state index contributed by atoms with van der Waals surface area (Å²) in [6, 6.07) is 0.489. The lowest BCUT2D eigenvalue weighted by Crippen LogP contribution is -2.44. The van der Waals surface area contributed by atoms with Crippen molar-refractivity contribution in [3.8, 4) is 0 Å². The van der Waals surface area contributed by atoms with E-state index in [2.05, 4.69) is 17.3 Å². The summed E-state index contributed by atoms with van der Waals surface area (Å²) in [6.45, 7) is 3.55. The molecule has 0 aromatic rings. The molecule has 0 radical (unpaired) electrons. The molecule has 1 aliphatic rings. The van der Waals surface area contributed by atoms with Crippen LogP contribution >= 0.6 is 0 Å². The topological polar surface area (TPSA) is 55.8 Å². The fourth-order valence-corrected chi connectivity index (χ4v) is 2.68. The van der Waals surface area contributed by atoms with Crippen LogP contribution in [0.4, 0.5) is 4.79 Å². The van der Waals surface area contributed by atoms with E-state index in [0.717, 1.165) is 19.0 Å². The molecule has 0 bridgehead atoms. The summed E-state index contributed by atoms with van der Waals surface area (Å²) in [7, 11) is 3.90. The van der Waals surface area contributed by atoms with Crippen molar-refractivity contribution in [3.63, 3.8) is 0 Å². The first-order valence-corrected chi connectivity index (χ1v) is 7.88. The van der Waals surface area contributed by atoms with Crippen molar-refractivity contribution in [2.75, 3.05) is 33.8 Å². The molecule has 2 amide bonds. The van der Waals surface area contributed by atoms with Crippen molar-refractivity contribution in [1.82, 2.24) is 15.1 Å². The fraction of sp³-hybridized carbons (Fsp3) is 0.933. The lowest BCUT2D eigenvalue weighted by atomic mass is 9.94. The van der Waals surface area contributed by atoms with Crippen molar-refractivity contribution in [2.24, 2.45) is 0 Å². The lowest BCUT2D eigenvalue weighted by molar-refractivity contribution is 0.156. The van der Waals surface area contributed by atoms with Crippen molar-refractivity contribution < 1.29 is 9.90 Å². The molecular weight excluding hydrogens is 254 g/mol. The Balaban J connectivity index is 2.13. The molecule has 20 heavy (non-hydrogen) atoms. The highest BCUT2D eigenvalue weighted by molar-refractivity contribution is 5.74. The molecule has 1 rings (SSSR count). The first kappa shape index (κ1) is 17.2. The van der Waals surface area contributed by atoms with Crippen LogP contribution in [0.1, 0.15) is 45.4 Å². The third-order valence-corrected chi connectivity index (χ3v) is 4.41. The number of likely N-dealkylation sites (N-methyl/N-ethyl adjacent to an activating group) is 1. The first-order valence-electron chi connectivity index (χ1n) is 7.88. The maximum Gasteiger partial charge on any atom is 0.317 e. The van der Waals surface area contributed by atoms with Gasteiger partial charge in [-0.05, 0) is 39.8 Å². The van der Waals surface area contributed by atoms with Gasteiger partial charge in [0.2, 0.25) is 0 Å². The van der Waals surface area contributed by atoms with E-state index in [-0.39, 0.29) is 18.7 Å². The van der Waals surface area contributed by atoms with Gasteiger partial charge in [0, 0.05) is 19.6 Å². The highest BCUT2D eigenvalue weighted by Crippen LogP contribution is 2.21. The number of amides is 2. The summed E-state index contributed by atoms with van der Waals surface area (Å²) in [5.41, 5.74) is 0. The maximum absolute atomic E-state index is 11.8. The fourth-order valence-electron chi connectivity index (χ4n) is 2.68. The molecule has 1 atom stereocenters. The van der Waals surface area contributed by atoms with Crippen LogP contribution in [-0.4, -0.2) is 66.8 Å². The van der Waals surface area contributed by atoms with Crippen LogP contribution in [0.5, 0.6) is 0 Å². The number of urea groups is 1. The second-order valence-corrected chi connectivity index (χ2v) is 6.00. The third-order valence-electron chi connectivity index (χ3n) is 4.41. The second-order valence-electron chi connectivity index (χ2n) is 6.00. The van der Waals surface area contributed by atoms with Gasteiger partial charge in [-0.25, -0.2) is 4.79 Å². The summed E-state index contributed by atoms with van der Waals surface area (Å²) >= 11 is 0. The lowest BCUT2D eigenvalue weighted by Gasteiger charge is -2.31. The first-order chi connectivity index (χ1) is 9.56. The van der Waals surface area contributed by atoms with E-state index < -0.39 is 0 Å². The molecule has 1 saturated carbocycles. The van der Waals surface area contributed by atoms with Crippen molar-refractivity contribution >= 4 is 6.03 Å². The maximum atomic E-state index is 11.8. The van der Waals surface area contributed by atoms with Crippen molar-refractivity contribution in [3.05, 3.63) is 0 Å². The van der Waals surface area contributed by atoms with E-state index in [1.54, 1.807) is 11.9 Å². The van der Waals surface area contributed by atoms with Gasteiger partial charge in [-0.15, -0.1) is 0 Å². The average molecular weight is 285 g/mol. The van der Waals surface area contributed by atoms with E-state index in [9.17, 15) is 4.79 Å². The Hall–Kier alpha value is -0.810. The molecule has 0 spiro atoms. The number of carbonyl (C=O) groups excluding carboxylic acids is 1. The van der Waals surface area contributed by atoms with Gasteiger partial charge in [-0.3, -0.25) is 0 Å². The number of hydrogen-bond donors (Lipinski definition) is 2. The summed E-state index contributed by atoms with van der Waals surface area (Å²) < 4.78 is 0. The van der Waals surface area contributed by atoms with Crippen LogP contribution in [-0.2, 0) is 0 Å². The van der Waals surface area contributed by atoms with Gasteiger partial charge in [0.1, 0.15) is 0 Å². The largest absolute Gasteiger partial charge is 0.394 e. The van der Waals surface area contributed by atoms with Gasteiger partial charge in [0.25, 0.3) is 0 Å². The second kappa shape index (κ2) is 9.19. The number of nitrogens with one attached hydrogen (secondary N) is 1. The number of aliphatic hydroxyl groups is 1. The van der Waals surface area contributed by atoms with Crippen LogP contribution in [0.15, 0.2) is 0 Å². The molecule has 0 aliphatic heterocycles. The predicted molar refractivity (Wildman–Crippen MR) is 81.8 cm³/mol. The molecule has 2 N–H and O–H groups in total. The molecule has 0 aromatic heterocycles. The monoisotopic (exact) mass is 285 g/mol. The number of aliphatic hydroxyl groups excluding tert-OH is 1. The van der Waals surface area contributed by atoms with Crippen LogP contribution < -0.4 is 5.32 Å². The zero-order chi connectivity index (χ0) is 15.0. The summed E-state index contributed by atoms with van der Waals surface area (Å²) in [5.74, 6) is 0. The Morgan fingerprint density at radius 1 is 1.30 bits per heavy atom. The quantitative estimate of drug-likeness (QED) is 0.700. The Morgan fingerprint density at radius 2 is 1.95 bits per heavy atom.